The first-order chi connectivity index (χ1) is 10.8. The number of piperidine rings is 1. The summed E-state index contributed by atoms with van der Waals surface area (Å²) in [6.45, 7) is 1.15. The van der Waals surface area contributed by atoms with E-state index >= 15 is 0 Å². The number of aromatic nitrogens is 2. The van der Waals surface area contributed by atoms with Gasteiger partial charge in [0.15, 0.2) is 5.78 Å². The summed E-state index contributed by atoms with van der Waals surface area (Å²) in [5, 5.41) is 0. The molecule has 5 heteroatoms. The van der Waals surface area contributed by atoms with Gasteiger partial charge in [-0.3, -0.25) is 9.59 Å². The molecule has 22 heavy (non-hydrogen) atoms. The summed E-state index contributed by atoms with van der Waals surface area (Å²) < 4.78 is 0. The summed E-state index contributed by atoms with van der Waals surface area (Å²) in [5.74, 6) is -0.204. The fraction of sp³-hybridized carbons (Fsp3) is 0.294. The summed E-state index contributed by atoms with van der Waals surface area (Å²) in [5.41, 5.74) is 1.09. The molecule has 0 spiro atoms. The number of hydrogen-bond donors (Lipinski definition) is 0. The van der Waals surface area contributed by atoms with Crippen molar-refractivity contribution in [2.24, 2.45) is 5.92 Å². The average molecular weight is 295 g/mol. The van der Waals surface area contributed by atoms with Crippen molar-refractivity contribution < 1.29 is 9.59 Å². The highest BCUT2D eigenvalue weighted by molar-refractivity contribution is 5.98. The molecular formula is C17H17N3O2. The summed E-state index contributed by atoms with van der Waals surface area (Å²) in [6, 6.07) is 10.8. The third kappa shape index (κ3) is 3.03. The predicted molar refractivity (Wildman–Crippen MR) is 81.4 cm³/mol. The molecule has 1 unspecified atom stereocenters. The number of nitrogens with zero attached hydrogens (tertiary/aromatic N) is 3. The van der Waals surface area contributed by atoms with Gasteiger partial charge in [0.05, 0.1) is 0 Å². The maximum atomic E-state index is 12.5. The van der Waals surface area contributed by atoms with Crippen molar-refractivity contribution in [3.05, 3.63) is 60.2 Å². The zero-order valence-electron chi connectivity index (χ0n) is 12.2. The Hall–Kier alpha value is -2.56. The molecule has 3 rings (SSSR count). The molecule has 1 fully saturated rings. The van der Waals surface area contributed by atoms with Crippen molar-refractivity contribution in [2.75, 3.05) is 13.1 Å². The molecule has 0 saturated carbocycles. The van der Waals surface area contributed by atoms with Crippen LogP contribution in [0.5, 0.6) is 0 Å². The van der Waals surface area contributed by atoms with Gasteiger partial charge in [-0.25, -0.2) is 9.97 Å². The highest BCUT2D eigenvalue weighted by Crippen LogP contribution is 2.21. The first-order valence-electron chi connectivity index (χ1n) is 7.40. The number of hydrogen-bond acceptors (Lipinski definition) is 4. The lowest BCUT2D eigenvalue weighted by atomic mass is 9.91. The Balaban J connectivity index is 1.72. The van der Waals surface area contributed by atoms with Gasteiger partial charge < -0.3 is 4.90 Å². The Morgan fingerprint density at radius 3 is 2.68 bits per heavy atom. The van der Waals surface area contributed by atoms with Crippen LogP contribution in [0.15, 0.2) is 48.9 Å². The normalized spacial score (nSPS) is 18.0. The van der Waals surface area contributed by atoms with Crippen molar-refractivity contribution in [1.29, 1.82) is 0 Å². The highest BCUT2D eigenvalue weighted by Gasteiger charge is 2.29. The Morgan fingerprint density at radius 1 is 1.14 bits per heavy atom. The molecule has 2 heterocycles. The lowest BCUT2D eigenvalue weighted by Crippen LogP contribution is -2.42. The molecule has 2 aromatic rings. The van der Waals surface area contributed by atoms with E-state index in [0.29, 0.717) is 24.3 Å². The fourth-order valence-electron chi connectivity index (χ4n) is 2.78. The average Bonchev–Trinajstić information content (AvgIpc) is 2.62. The van der Waals surface area contributed by atoms with Gasteiger partial charge in [-0.15, -0.1) is 0 Å². The van der Waals surface area contributed by atoms with Crippen LogP contribution < -0.4 is 0 Å². The molecule has 112 valence electrons. The molecule has 1 aliphatic rings. The molecule has 0 bridgehead atoms. The van der Waals surface area contributed by atoms with Gasteiger partial charge in [0.25, 0.3) is 5.91 Å². The van der Waals surface area contributed by atoms with E-state index in [1.807, 2.05) is 18.2 Å². The number of carbonyl (C=O) groups excluding carboxylic acids is 2. The predicted octanol–water partition coefficient (Wildman–Crippen LogP) is 2.21. The monoisotopic (exact) mass is 295 g/mol. The number of benzene rings is 1. The van der Waals surface area contributed by atoms with Crippen molar-refractivity contribution in [2.45, 2.75) is 12.8 Å². The molecular weight excluding hydrogens is 278 g/mol. The maximum absolute atomic E-state index is 12.5. The smallest absolute Gasteiger partial charge is 0.253 e. The van der Waals surface area contributed by atoms with E-state index in [-0.39, 0.29) is 17.6 Å². The number of amides is 1. The van der Waals surface area contributed by atoms with Crippen LogP contribution >= 0.6 is 0 Å². The van der Waals surface area contributed by atoms with Crippen LogP contribution in [0, 0.1) is 5.92 Å². The van der Waals surface area contributed by atoms with Gasteiger partial charge in [0.1, 0.15) is 12.0 Å². The van der Waals surface area contributed by atoms with Crippen LogP contribution in [0.2, 0.25) is 0 Å². The number of ketones is 1. The van der Waals surface area contributed by atoms with E-state index in [2.05, 4.69) is 9.97 Å². The summed E-state index contributed by atoms with van der Waals surface area (Å²) in [4.78, 5) is 34.6. The Morgan fingerprint density at radius 2 is 1.95 bits per heavy atom. The van der Waals surface area contributed by atoms with Gasteiger partial charge in [0, 0.05) is 30.8 Å². The Labute approximate surface area is 129 Å². The number of Topliss-reactive ketones (excluding diaryl/α,β-unsaturated/α-hetero) is 1. The van der Waals surface area contributed by atoms with Crippen molar-refractivity contribution in [3.63, 3.8) is 0 Å². The Bertz CT molecular complexity index is 601. The first kappa shape index (κ1) is 14.4. The van der Waals surface area contributed by atoms with Crippen LogP contribution in [0.25, 0.3) is 0 Å². The molecule has 0 aliphatic carbocycles. The number of likely N-dealkylation sites (tertiary alicyclic amines) is 1. The fourth-order valence-corrected chi connectivity index (χ4v) is 2.78. The van der Waals surface area contributed by atoms with Gasteiger partial charge in [-0.05, 0) is 31.0 Å². The molecule has 1 aromatic carbocycles. The second-order valence-corrected chi connectivity index (χ2v) is 5.42. The second kappa shape index (κ2) is 6.47. The molecule has 0 N–H and O–H groups in total. The summed E-state index contributed by atoms with van der Waals surface area (Å²) in [6.07, 6.45) is 4.57. The zero-order chi connectivity index (χ0) is 15.4. The minimum absolute atomic E-state index is 0.00652. The highest BCUT2D eigenvalue weighted by atomic mass is 16.2. The number of rotatable bonds is 3. The third-order valence-electron chi connectivity index (χ3n) is 3.93. The molecule has 1 amide bonds. The van der Waals surface area contributed by atoms with Crippen LogP contribution in [-0.2, 0) is 0 Å². The van der Waals surface area contributed by atoms with Crippen molar-refractivity contribution in [1.82, 2.24) is 14.9 Å². The standard InChI is InChI=1S/C17H17N3O2/c21-16(15-8-9-18-12-19-15)14-7-4-10-20(11-14)17(22)13-5-2-1-3-6-13/h1-3,5-6,8-9,12,14H,4,7,10-11H2. The second-order valence-electron chi connectivity index (χ2n) is 5.42. The van der Waals surface area contributed by atoms with Crippen LogP contribution in [0.3, 0.4) is 0 Å². The number of carbonyl (C=O) groups is 2. The Kier molecular flexibility index (Phi) is 4.23. The van der Waals surface area contributed by atoms with E-state index in [9.17, 15) is 9.59 Å². The SMILES string of the molecule is O=C(c1ccncn1)C1CCCN(C(=O)c2ccccc2)C1. The molecule has 1 saturated heterocycles. The van der Waals surface area contributed by atoms with Crippen LogP contribution in [0.4, 0.5) is 0 Å². The molecule has 1 atom stereocenters. The van der Waals surface area contributed by atoms with Crippen LogP contribution in [0.1, 0.15) is 33.7 Å². The van der Waals surface area contributed by atoms with Gasteiger partial charge in [-0.2, -0.15) is 0 Å². The largest absolute Gasteiger partial charge is 0.338 e. The maximum Gasteiger partial charge on any atom is 0.253 e. The molecule has 1 aliphatic heterocycles. The quantitative estimate of drug-likeness (QED) is 0.814. The van der Waals surface area contributed by atoms with Crippen molar-refractivity contribution >= 4 is 11.7 Å². The molecule has 5 nitrogen and oxygen atoms in total. The minimum Gasteiger partial charge on any atom is -0.338 e. The third-order valence-corrected chi connectivity index (χ3v) is 3.93. The van der Waals surface area contributed by atoms with E-state index in [4.69, 9.17) is 0 Å². The van der Waals surface area contributed by atoms with Gasteiger partial charge in [0.2, 0.25) is 0 Å². The molecule has 1 aromatic heterocycles. The van der Waals surface area contributed by atoms with Gasteiger partial charge in [-0.1, -0.05) is 18.2 Å². The van der Waals surface area contributed by atoms with E-state index in [0.717, 1.165) is 12.8 Å². The van der Waals surface area contributed by atoms with Crippen LogP contribution in [-0.4, -0.2) is 39.6 Å². The van der Waals surface area contributed by atoms with E-state index in [1.54, 1.807) is 29.3 Å². The topological polar surface area (TPSA) is 63.2 Å². The lowest BCUT2D eigenvalue weighted by Gasteiger charge is -2.32. The molecule has 0 radical (unpaired) electrons. The van der Waals surface area contributed by atoms with Gasteiger partial charge >= 0.3 is 0 Å². The summed E-state index contributed by atoms with van der Waals surface area (Å²) in [7, 11) is 0. The van der Waals surface area contributed by atoms with E-state index in [1.165, 1.54) is 6.33 Å². The lowest BCUT2D eigenvalue weighted by molar-refractivity contribution is 0.0635. The minimum atomic E-state index is -0.184. The van der Waals surface area contributed by atoms with Crippen molar-refractivity contribution in [3.8, 4) is 0 Å². The first-order valence-corrected chi connectivity index (χ1v) is 7.40. The van der Waals surface area contributed by atoms with E-state index < -0.39 is 0 Å². The zero-order valence-corrected chi connectivity index (χ0v) is 12.2. The summed E-state index contributed by atoms with van der Waals surface area (Å²) >= 11 is 0.